The number of rotatable bonds is 18. The Balaban J connectivity index is 0.996. The molecule has 0 aliphatic carbocycles. The number of hydrogen-bond acceptors (Lipinski definition) is 19. The van der Waals surface area contributed by atoms with Gasteiger partial charge in [-0.3, -0.25) is 57.5 Å². The van der Waals surface area contributed by atoms with Crippen molar-refractivity contribution < 1.29 is 90.5 Å². The number of methoxy groups -OCH3 is 1. The monoisotopic (exact) mass is 1580 g/mol. The molecule has 7 heterocycles. The summed E-state index contributed by atoms with van der Waals surface area (Å²) in [6.45, 7) is 4.92. The number of carbonyl (C=O) groups is 12. The molecule has 612 valence electrons. The molecule has 6 aromatic rings. The van der Waals surface area contributed by atoms with Crippen LogP contribution in [0.5, 0.6) is 5.75 Å². The highest BCUT2D eigenvalue weighted by atomic mass is 19.1. The van der Waals surface area contributed by atoms with Gasteiger partial charge in [0.1, 0.15) is 77.7 Å². The molecule has 2 aromatic heterocycles. The molecule has 5 aliphatic heterocycles. The summed E-state index contributed by atoms with van der Waals surface area (Å²) < 4.78 is 40.6. The Morgan fingerprint density at radius 1 is 0.746 bits per heavy atom. The SMILES string of the molecule is COc1ccc(C[C@@H]2NC(=O)[C@H]([C@H](C)O)NC(=O)[C@@H]3[C@@H]4CCN3C(=O)[C@H](Cc3c[nH]c5ccc(F)cc35)NC(=O)[C@H](Cc3cccc(c3)Cn3cc(nn3)CO4)NC(=O)[C@@H](C)NC(=O)[C@H](CNC(=O)CCOCCOCC[N+](C)(C)C)NC(=O)CCC(=O)NCc3ccc(cc3)C[C@@H](C(N)=O)NC(=O)[C@]3(C)CCCN3C2=O)cc1. The van der Waals surface area contributed by atoms with Crippen LogP contribution < -0.4 is 58.3 Å². The van der Waals surface area contributed by atoms with E-state index in [2.05, 4.69) is 63.1 Å². The molecule has 0 radical (unpaired) electrons. The Kier molecular flexibility index (Phi) is 29.1. The van der Waals surface area contributed by atoms with Gasteiger partial charge in [0.25, 0.3) is 0 Å². The van der Waals surface area contributed by atoms with Crippen molar-refractivity contribution in [2.24, 2.45) is 5.73 Å². The number of aliphatic hydroxyl groups is 1. The maximum absolute atomic E-state index is 16.0. The first-order valence-corrected chi connectivity index (χ1v) is 38.2. The van der Waals surface area contributed by atoms with Crippen LogP contribution in [0.3, 0.4) is 0 Å². The van der Waals surface area contributed by atoms with E-state index in [9.17, 15) is 38.7 Å². The van der Waals surface area contributed by atoms with Crippen LogP contribution in [0.25, 0.3) is 10.9 Å². The number of nitrogens with two attached hydrogens (primary N) is 1. The fraction of sp³-hybridized carbons (Fsp3) is 0.494. The van der Waals surface area contributed by atoms with E-state index in [0.717, 1.165) is 11.4 Å². The number of likely N-dealkylation sites (N-methyl/N-ethyl adjacent to an activating group) is 1. The van der Waals surface area contributed by atoms with E-state index in [1.807, 2.05) is 21.1 Å². The number of hydrogen-bond donors (Lipinski definition) is 12. The van der Waals surface area contributed by atoms with Crippen molar-refractivity contribution in [3.63, 3.8) is 0 Å². The average molecular weight is 1580 g/mol. The first-order chi connectivity index (χ1) is 54.4. The van der Waals surface area contributed by atoms with Crippen LogP contribution in [0.4, 0.5) is 4.39 Å². The highest BCUT2D eigenvalue weighted by molar-refractivity contribution is 6.01. The lowest BCUT2D eigenvalue weighted by Crippen LogP contribution is -2.64. The van der Waals surface area contributed by atoms with Gasteiger partial charge < -0.3 is 96.9 Å². The molecule has 11 rings (SSSR count). The summed E-state index contributed by atoms with van der Waals surface area (Å²) in [5.41, 5.74) is 8.23. The van der Waals surface area contributed by atoms with Gasteiger partial charge in [0.05, 0.1) is 86.2 Å². The smallest absolute Gasteiger partial charge is 0.246 e. The van der Waals surface area contributed by atoms with Crippen molar-refractivity contribution in [1.82, 2.24) is 77.6 Å². The first-order valence-electron chi connectivity index (χ1n) is 38.2. The molecule has 5 aliphatic rings. The van der Waals surface area contributed by atoms with Gasteiger partial charge in [-0.05, 0) is 104 Å². The summed E-state index contributed by atoms with van der Waals surface area (Å²) in [6.07, 6.45) is -1.32. The van der Waals surface area contributed by atoms with Crippen molar-refractivity contribution in [2.45, 2.75) is 171 Å². The van der Waals surface area contributed by atoms with Crippen LogP contribution in [0.15, 0.2) is 103 Å². The zero-order valence-electron chi connectivity index (χ0n) is 65.1. The van der Waals surface area contributed by atoms with Crippen LogP contribution in [-0.2, 0) is 117 Å². The minimum Gasteiger partial charge on any atom is -0.497 e. The molecular formula is C79H103FN17O17+. The van der Waals surface area contributed by atoms with Crippen molar-refractivity contribution in [3.05, 3.63) is 148 Å². The highest BCUT2D eigenvalue weighted by Crippen LogP contribution is 2.32. The molecule has 4 aromatic carbocycles. The van der Waals surface area contributed by atoms with Crippen molar-refractivity contribution in [3.8, 4) is 5.75 Å². The Morgan fingerprint density at radius 3 is 2.18 bits per heavy atom. The quantitative estimate of drug-likeness (QED) is 0.0280. The molecule has 35 heteroatoms. The Bertz CT molecular complexity index is 4460. The minimum atomic E-state index is -1.88. The molecule has 2 fully saturated rings. The predicted molar refractivity (Wildman–Crippen MR) is 409 cm³/mol. The summed E-state index contributed by atoms with van der Waals surface area (Å²) >= 11 is 0. The number of nitrogens with zero attached hydrogens (tertiary/aromatic N) is 6. The zero-order chi connectivity index (χ0) is 82.0. The van der Waals surface area contributed by atoms with E-state index >= 15 is 28.4 Å². The molecule has 0 unspecified atom stereocenters. The summed E-state index contributed by atoms with van der Waals surface area (Å²) in [4.78, 5) is 181. The number of ether oxygens (including phenoxy) is 4. The van der Waals surface area contributed by atoms with Gasteiger partial charge in [-0.2, -0.15) is 0 Å². The topological polar surface area (TPSA) is 449 Å². The molecule has 11 atom stereocenters. The number of H-pyrrole nitrogens is 1. The second-order valence-electron chi connectivity index (χ2n) is 30.5. The number of primary amides is 1. The van der Waals surface area contributed by atoms with E-state index in [1.165, 1.54) is 61.9 Å². The van der Waals surface area contributed by atoms with E-state index in [4.69, 9.17) is 24.7 Å². The third kappa shape index (κ3) is 23.2. The number of fused-ring (bicyclic) bond motifs is 28. The largest absolute Gasteiger partial charge is 0.497 e. The number of aliphatic hydroxyl groups excluding tert-OH is 1. The number of halogens is 1. The number of nitrogens with one attached hydrogen (secondary N) is 10. The van der Waals surface area contributed by atoms with Crippen LogP contribution >= 0.6 is 0 Å². The number of benzene rings is 4. The molecule has 34 nitrogen and oxygen atoms in total. The molecule has 0 spiro atoms. The van der Waals surface area contributed by atoms with E-state index < -0.39 is 156 Å². The molecule has 2 saturated heterocycles. The maximum Gasteiger partial charge on any atom is 0.246 e. The summed E-state index contributed by atoms with van der Waals surface area (Å²) in [5, 5.41) is 44.9. The van der Waals surface area contributed by atoms with Gasteiger partial charge in [-0.15, -0.1) is 5.10 Å². The van der Waals surface area contributed by atoms with Crippen molar-refractivity contribution in [1.29, 1.82) is 0 Å². The van der Waals surface area contributed by atoms with Crippen molar-refractivity contribution in [2.75, 3.05) is 80.9 Å². The van der Waals surface area contributed by atoms with Crippen LogP contribution in [0.2, 0.25) is 0 Å². The molecule has 13 N–H and O–H groups in total. The molecule has 12 amide bonds. The zero-order valence-corrected chi connectivity index (χ0v) is 65.1. The molecule has 0 saturated carbocycles. The van der Waals surface area contributed by atoms with E-state index in [1.54, 1.807) is 79.0 Å². The van der Waals surface area contributed by atoms with Crippen LogP contribution in [0.1, 0.15) is 98.4 Å². The lowest BCUT2D eigenvalue weighted by atomic mass is 9.94. The van der Waals surface area contributed by atoms with Crippen LogP contribution in [-0.4, -0.2) is 257 Å². The normalized spacial score (nSPS) is 24.1. The number of quaternary nitrogens is 1. The second kappa shape index (κ2) is 39.0. The standard InChI is InChI=1S/C79H102FN17O17/c1-46-71(103)87-60-37-51-10-8-11-52(34-51)43-94-44-55(92-93-94)45-114-64-24-28-95(76(108)62(88-72(60)104)38-53-41-82-58-21-18-54(80)39-57(53)58)69(64)75(107)91-68(47(2)98)74(106)89-61(36-49-16-19-56(111-7)20-17-49)77(109)96-27-9-26-79(96,3)78(110)90-59(70(81)102)35-48-12-14-50(15-13-48)40-83-65(99)22-23-67(101)86-63(73(105)85-46)42-84-66(100)25-30-112-32-33-113-31-29-97(4,5)6/h8,10-21,34,39,41,44,46-47,59-64,68-69,82,98H,9,22-33,35-38,40,42-43,45H2,1-7H3,(H10-,81,83,84,85,86,87,88,89,90,91,99,100,101,102,103,104,105,106,107,110)/p+1/t46-,47+,59+,60+,61+,62+,63+,64+,68+,69+,79+/m1/s1. The van der Waals surface area contributed by atoms with Gasteiger partial charge in [-0.1, -0.05) is 65.9 Å². The maximum atomic E-state index is 16.0. The third-order valence-electron chi connectivity index (χ3n) is 20.6. The fourth-order valence-electron chi connectivity index (χ4n) is 14.1. The summed E-state index contributed by atoms with van der Waals surface area (Å²) in [5.74, 6) is -10.3. The number of amides is 12. The lowest BCUT2D eigenvalue weighted by Gasteiger charge is -2.37. The van der Waals surface area contributed by atoms with Gasteiger partial charge >= 0.3 is 0 Å². The van der Waals surface area contributed by atoms with E-state index in [0.29, 0.717) is 73.2 Å². The van der Waals surface area contributed by atoms with Crippen LogP contribution in [0, 0.1) is 5.82 Å². The molecule has 10 bridgehead atoms. The van der Waals surface area contributed by atoms with Gasteiger partial charge in [-0.25, -0.2) is 9.07 Å². The van der Waals surface area contributed by atoms with Gasteiger partial charge in [0.2, 0.25) is 70.9 Å². The minimum absolute atomic E-state index is 0.0111. The molecule has 114 heavy (non-hydrogen) atoms. The number of carbonyl (C=O) groups excluding carboxylic acids is 12. The Morgan fingerprint density at radius 2 is 1.46 bits per heavy atom. The van der Waals surface area contributed by atoms with Gasteiger partial charge in [0, 0.05) is 88.2 Å². The Hall–Kier alpha value is -11.3. The summed E-state index contributed by atoms with van der Waals surface area (Å²) in [7, 11) is 7.56. The molecular weight excluding hydrogens is 1480 g/mol. The number of aromatic amines is 1. The van der Waals surface area contributed by atoms with Gasteiger partial charge in [0.15, 0.2) is 0 Å². The van der Waals surface area contributed by atoms with E-state index in [-0.39, 0.29) is 104 Å². The average Bonchev–Trinajstić information content (AvgIpc) is 1.59. The number of aromatic nitrogens is 4. The Labute approximate surface area is 658 Å². The van der Waals surface area contributed by atoms with Crippen molar-refractivity contribution >= 4 is 81.8 Å². The highest BCUT2D eigenvalue weighted by Gasteiger charge is 2.50. The lowest BCUT2D eigenvalue weighted by molar-refractivity contribution is -0.870. The summed E-state index contributed by atoms with van der Waals surface area (Å²) in [6, 6.07) is 11.5. The third-order valence-corrected chi connectivity index (χ3v) is 20.6. The fourth-order valence-corrected chi connectivity index (χ4v) is 14.1. The first kappa shape index (κ1) is 85.2. The second-order valence-corrected chi connectivity index (χ2v) is 30.5. The predicted octanol–water partition coefficient (Wildman–Crippen LogP) is -0.958.